The molecule has 2 N–H and O–H groups in total. The largest absolute Gasteiger partial charge is 0.365 e. The second-order valence-corrected chi connectivity index (χ2v) is 9.84. The molecule has 0 radical (unpaired) electrons. The molecule has 1 spiro atoms. The summed E-state index contributed by atoms with van der Waals surface area (Å²) in [7, 11) is 3.69. The lowest BCUT2D eigenvalue weighted by atomic mass is 9.53. The van der Waals surface area contributed by atoms with Crippen molar-refractivity contribution in [1.29, 1.82) is 0 Å². The van der Waals surface area contributed by atoms with Crippen molar-refractivity contribution in [2.75, 3.05) is 33.7 Å². The van der Waals surface area contributed by atoms with Crippen LogP contribution in [0.2, 0.25) is 0 Å². The first-order valence-electron chi connectivity index (χ1n) is 10.7. The van der Waals surface area contributed by atoms with Crippen LogP contribution in [-0.4, -0.2) is 61.6 Å². The predicted molar refractivity (Wildman–Crippen MR) is 103 cm³/mol. The second kappa shape index (κ2) is 6.73. The van der Waals surface area contributed by atoms with Gasteiger partial charge in [-0.1, -0.05) is 6.92 Å². The van der Waals surface area contributed by atoms with E-state index in [0.717, 1.165) is 70.4 Å². The lowest BCUT2D eigenvalue weighted by Gasteiger charge is -2.49. The van der Waals surface area contributed by atoms with Crippen LogP contribution in [-0.2, 0) is 14.3 Å². The van der Waals surface area contributed by atoms with E-state index in [4.69, 9.17) is 4.74 Å². The summed E-state index contributed by atoms with van der Waals surface area (Å²) >= 11 is 0. The molecule has 0 aromatic carbocycles. The second-order valence-electron chi connectivity index (χ2n) is 9.84. The zero-order chi connectivity index (χ0) is 19.3. The smallest absolute Gasteiger partial charge is 0.231 e. The summed E-state index contributed by atoms with van der Waals surface area (Å²) in [5.74, 6) is 1.28. The molecule has 2 amide bonds. The Hall–Kier alpha value is -1.14. The molecule has 2 aliphatic carbocycles. The van der Waals surface area contributed by atoms with E-state index in [9.17, 15) is 9.59 Å². The Morgan fingerprint density at radius 2 is 1.74 bits per heavy atom. The van der Waals surface area contributed by atoms with Crippen LogP contribution >= 0.6 is 0 Å². The maximum absolute atomic E-state index is 13.1. The van der Waals surface area contributed by atoms with E-state index < -0.39 is 5.41 Å². The van der Waals surface area contributed by atoms with Crippen LogP contribution in [0.3, 0.4) is 0 Å². The van der Waals surface area contributed by atoms with Crippen molar-refractivity contribution in [3.8, 4) is 0 Å². The number of ether oxygens (including phenoxy) is 1. The molecule has 0 atom stereocenters. The normalized spacial score (nSPS) is 39.7. The van der Waals surface area contributed by atoms with Crippen molar-refractivity contribution < 1.29 is 14.3 Å². The highest BCUT2D eigenvalue weighted by atomic mass is 16.5. The number of rotatable bonds is 4. The van der Waals surface area contributed by atoms with Gasteiger partial charge in [-0.3, -0.25) is 9.59 Å². The Kier molecular flexibility index (Phi) is 4.78. The Morgan fingerprint density at radius 1 is 1.11 bits per heavy atom. The number of carbonyl (C=O) groups is 2. The third-order valence-electron chi connectivity index (χ3n) is 7.73. The third kappa shape index (κ3) is 3.00. The van der Waals surface area contributed by atoms with E-state index in [1.165, 1.54) is 0 Å². The van der Waals surface area contributed by atoms with Crippen LogP contribution in [0, 0.1) is 17.3 Å². The summed E-state index contributed by atoms with van der Waals surface area (Å²) in [6.07, 6.45) is 7.55. The molecule has 5 rings (SSSR count). The maximum Gasteiger partial charge on any atom is 0.231 e. The molecule has 0 aromatic rings. The maximum atomic E-state index is 13.1. The number of piperidine rings is 1. The van der Waals surface area contributed by atoms with Gasteiger partial charge in [0.1, 0.15) is 0 Å². The molecule has 6 nitrogen and oxygen atoms in total. The van der Waals surface area contributed by atoms with E-state index in [2.05, 4.69) is 17.6 Å². The minimum absolute atomic E-state index is 0.153. The van der Waals surface area contributed by atoms with Crippen LogP contribution in [0.1, 0.15) is 58.3 Å². The lowest BCUT2D eigenvalue weighted by Crippen LogP contribution is -2.61. The molecule has 3 aliphatic heterocycles. The molecule has 5 fully saturated rings. The molecule has 5 aliphatic rings. The molecule has 27 heavy (non-hydrogen) atoms. The summed E-state index contributed by atoms with van der Waals surface area (Å²) in [5, 5.41) is 6.59. The minimum Gasteiger partial charge on any atom is -0.365 e. The van der Waals surface area contributed by atoms with Gasteiger partial charge in [-0.2, -0.15) is 0 Å². The van der Waals surface area contributed by atoms with Gasteiger partial charge in [0.25, 0.3) is 0 Å². The number of nitrogens with zero attached hydrogens (tertiary/aromatic N) is 1. The predicted octanol–water partition coefficient (Wildman–Crippen LogP) is 1.69. The average molecular weight is 378 g/mol. The van der Waals surface area contributed by atoms with Crippen LogP contribution in [0.15, 0.2) is 0 Å². The quantitative estimate of drug-likeness (QED) is 0.782. The van der Waals surface area contributed by atoms with Crippen LogP contribution in [0.4, 0.5) is 0 Å². The molecule has 2 saturated carbocycles. The fourth-order valence-corrected chi connectivity index (χ4v) is 6.22. The fourth-order valence-electron chi connectivity index (χ4n) is 6.22. The highest BCUT2D eigenvalue weighted by molar-refractivity contribution is 5.86. The van der Waals surface area contributed by atoms with E-state index in [1.54, 1.807) is 4.90 Å². The average Bonchev–Trinajstić information content (AvgIpc) is 3.04. The summed E-state index contributed by atoms with van der Waals surface area (Å²) in [5.41, 5.74) is -1.10. The molecule has 152 valence electrons. The fraction of sp³-hybridized carbons (Fsp3) is 0.905. The van der Waals surface area contributed by atoms with Gasteiger partial charge in [-0.05, 0) is 70.4 Å². The van der Waals surface area contributed by atoms with Crippen molar-refractivity contribution in [3.05, 3.63) is 0 Å². The van der Waals surface area contributed by atoms with Crippen molar-refractivity contribution >= 4 is 11.8 Å². The Labute approximate surface area is 162 Å². The van der Waals surface area contributed by atoms with Gasteiger partial charge in [-0.25, -0.2) is 0 Å². The Morgan fingerprint density at radius 3 is 2.33 bits per heavy atom. The molecular weight excluding hydrogens is 342 g/mol. The molecule has 0 unspecified atom stereocenters. The van der Waals surface area contributed by atoms with E-state index in [0.29, 0.717) is 6.54 Å². The van der Waals surface area contributed by atoms with Crippen molar-refractivity contribution in [1.82, 2.24) is 15.5 Å². The zero-order valence-electron chi connectivity index (χ0n) is 17.1. The Bertz CT molecular complexity index is 598. The highest BCUT2D eigenvalue weighted by Gasteiger charge is 2.77. The first kappa shape index (κ1) is 19.2. The summed E-state index contributed by atoms with van der Waals surface area (Å²) in [6, 6.07) is 0. The van der Waals surface area contributed by atoms with Crippen LogP contribution in [0.25, 0.3) is 0 Å². The van der Waals surface area contributed by atoms with Gasteiger partial charge in [0.15, 0.2) is 0 Å². The molecule has 6 heteroatoms. The van der Waals surface area contributed by atoms with Gasteiger partial charge in [0.05, 0.1) is 16.6 Å². The van der Waals surface area contributed by atoms with E-state index in [1.807, 2.05) is 14.1 Å². The van der Waals surface area contributed by atoms with E-state index in [-0.39, 0.29) is 28.9 Å². The monoisotopic (exact) mass is 377 g/mol. The minimum atomic E-state index is -0.399. The SMILES string of the molecule is CC1CCC(C(=O)NCC23CC(C(=O)N(C)C)(C2)C2(CCNCC2)O3)CC1. The molecule has 3 heterocycles. The molecular formula is C21H35N3O3. The summed E-state index contributed by atoms with van der Waals surface area (Å²) in [6.45, 7) is 4.61. The Balaban J connectivity index is 1.43. The van der Waals surface area contributed by atoms with Gasteiger partial charge >= 0.3 is 0 Å². The first-order valence-corrected chi connectivity index (χ1v) is 10.7. The van der Waals surface area contributed by atoms with Gasteiger partial charge < -0.3 is 20.3 Å². The summed E-state index contributed by atoms with van der Waals surface area (Å²) in [4.78, 5) is 27.5. The van der Waals surface area contributed by atoms with Gasteiger partial charge in [-0.15, -0.1) is 0 Å². The van der Waals surface area contributed by atoms with Crippen molar-refractivity contribution in [2.24, 2.45) is 17.3 Å². The molecule has 2 bridgehead atoms. The molecule has 3 saturated heterocycles. The highest BCUT2D eigenvalue weighted by Crippen LogP contribution is 2.69. The lowest BCUT2D eigenvalue weighted by molar-refractivity contribution is -0.149. The van der Waals surface area contributed by atoms with Crippen LogP contribution in [0.5, 0.6) is 0 Å². The topological polar surface area (TPSA) is 70.7 Å². The van der Waals surface area contributed by atoms with Crippen LogP contribution < -0.4 is 10.6 Å². The van der Waals surface area contributed by atoms with Crippen molar-refractivity contribution in [3.63, 3.8) is 0 Å². The summed E-state index contributed by atoms with van der Waals surface area (Å²) < 4.78 is 6.68. The van der Waals surface area contributed by atoms with Gasteiger partial charge in [0, 0.05) is 26.6 Å². The third-order valence-corrected chi connectivity index (χ3v) is 7.73. The molecule has 0 aromatic heterocycles. The van der Waals surface area contributed by atoms with E-state index >= 15 is 0 Å². The zero-order valence-corrected chi connectivity index (χ0v) is 17.1. The van der Waals surface area contributed by atoms with Gasteiger partial charge in [0.2, 0.25) is 11.8 Å². The standard InChI is InChI=1S/C21H35N3O3/c1-15-4-6-16(7-5-15)17(25)23-14-19-12-20(13-19,18(26)24(2)3)21(27-19)8-10-22-11-9-21/h15-16,22H,4-14H2,1-3H3,(H,23,25). The van der Waals surface area contributed by atoms with Crippen molar-refractivity contribution in [2.45, 2.75) is 69.5 Å². The number of hydrogen-bond donors (Lipinski definition) is 2. The first-order chi connectivity index (χ1) is 12.8. The number of carbonyl (C=O) groups excluding carboxylic acids is 2. The number of amides is 2. The number of hydrogen-bond acceptors (Lipinski definition) is 4. The number of nitrogens with one attached hydrogen (secondary N) is 2.